The molecule has 2 rings (SSSR count). The first-order valence-corrected chi connectivity index (χ1v) is 5.91. The van der Waals surface area contributed by atoms with E-state index in [4.69, 9.17) is 16.3 Å². The molecular formula is C10H10ClN3OS. The van der Waals surface area contributed by atoms with Crippen LogP contribution in [0.5, 0.6) is 0 Å². The van der Waals surface area contributed by atoms with Crippen LogP contribution in [0.4, 0.5) is 11.5 Å². The quantitative estimate of drug-likeness (QED) is 0.853. The van der Waals surface area contributed by atoms with Crippen LogP contribution in [0.25, 0.3) is 0 Å². The van der Waals surface area contributed by atoms with Crippen molar-refractivity contribution in [2.45, 2.75) is 6.61 Å². The molecule has 0 saturated heterocycles. The Morgan fingerprint density at radius 3 is 3.06 bits per heavy atom. The molecule has 0 radical (unpaired) electrons. The van der Waals surface area contributed by atoms with Crippen LogP contribution in [-0.2, 0) is 11.3 Å². The minimum Gasteiger partial charge on any atom is -0.377 e. The smallest absolute Gasteiger partial charge is 0.158 e. The highest BCUT2D eigenvalue weighted by Gasteiger charge is 2.03. The fourth-order valence-corrected chi connectivity index (χ4v) is 1.99. The summed E-state index contributed by atoms with van der Waals surface area (Å²) in [6.45, 7) is 0.346. The van der Waals surface area contributed by atoms with E-state index in [1.807, 2.05) is 16.8 Å². The molecule has 0 bridgehead atoms. The first kappa shape index (κ1) is 11.3. The van der Waals surface area contributed by atoms with Gasteiger partial charge in [0.2, 0.25) is 0 Å². The SMILES string of the molecule is COCc1nc(Cl)cc(Nc2ccsc2)n1. The van der Waals surface area contributed by atoms with E-state index in [0.29, 0.717) is 23.4 Å². The minimum absolute atomic E-state index is 0.346. The Bertz CT molecular complexity index is 461. The number of nitrogens with one attached hydrogen (secondary N) is 1. The molecule has 2 aromatic heterocycles. The molecule has 0 aliphatic carbocycles. The maximum Gasteiger partial charge on any atom is 0.158 e. The lowest BCUT2D eigenvalue weighted by atomic mass is 10.4. The largest absolute Gasteiger partial charge is 0.377 e. The zero-order chi connectivity index (χ0) is 11.4. The highest BCUT2D eigenvalue weighted by Crippen LogP contribution is 2.19. The van der Waals surface area contributed by atoms with Gasteiger partial charge in [-0.2, -0.15) is 11.3 Å². The van der Waals surface area contributed by atoms with Gasteiger partial charge >= 0.3 is 0 Å². The van der Waals surface area contributed by atoms with Crippen LogP contribution in [-0.4, -0.2) is 17.1 Å². The molecular weight excluding hydrogens is 246 g/mol. The number of methoxy groups -OCH3 is 1. The molecule has 0 atom stereocenters. The Morgan fingerprint density at radius 2 is 2.38 bits per heavy atom. The van der Waals surface area contributed by atoms with Crippen molar-refractivity contribution in [3.8, 4) is 0 Å². The number of aromatic nitrogens is 2. The van der Waals surface area contributed by atoms with Crippen molar-refractivity contribution < 1.29 is 4.74 Å². The van der Waals surface area contributed by atoms with Gasteiger partial charge in [0.15, 0.2) is 5.82 Å². The summed E-state index contributed by atoms with van der Waals surface area (Å²) in [6.07, 6.45) is 0. The van der Waals surface area contributed by atoms with Crippen LogP contribution >= 0.6 is 22.9 Å². The van der Waals surface area contributed by atoms with Crippen LogP contribution in [0.15, 0.2) is 22.9 Å². The normalized spacial score (nSPS) is 10.4. The Balaban J connectivity index is 2.20. The van der Waals surface area contributed by atoms with Gasteiger partial charge < -0.3 is 10.1 Å². The fraction of sp³-hybridized carbons (Fsp3) is 0.200. The summed E-state index contributed by atoms with van der Waals surface area (Å²) in [5.41, 5.74) is 0.989. The van der Waals surface area contributed by atoms with Gasteiger partial charge in [0.25, 0.3) is 0 Å². The van der Waals surface area contributed by atoms with E-state index in [1.54, 1.807) is 24.5 Å². The molecule has 1 N–H and O–H groups in total. The maximum atomic E-state index is 5.88. The highest BCUT2D eigenvalue weighted by molar-refractivity contribution is 7.08. The molecule has 6 heteroatoms. The number of ether oxygens (including phenoxy) is 1. The number of nitrogens with zero attached hydrogens (tertiary/aromatic N) is 2. The van der Waals surface area contributed by atoms with E-state index in [1.165, 1.54) is 0 Å². The molecule has 84 valence electrons. The Labute approximate surface area is 102 Å². The van der Waals surface area contributed by atoms with Crippen molar-refractivity contribution in [3.05, 3.63) is 33.9 Å². The van der Waals surface area contributed by atoms with Gasteiger partial charge in [0, 0.05) is 18.6 Å². The number of thiophene rings is 1. The Hall–Kier alpha value is -1.17. The second kappa shape index (κ2) is 5.25. The Morgan fingerprint density at radius 1 is 1.50 bits per heavy atom. The first-order valence-electron chi connectivity index (χ1n) is 4.59. The molecule has 0 amide bonds. The monoisotopic (exact) mass is 255 g/mol. The molecule has 2 heterocycles. The third kappa shape index (κ3) is 2.91. The van der Waals surface area contributed by atoms with E-state index in [0.717, 1.165) is 5.69 Å². The van der Waals surface area contributed by atoms with Crippen molar-refractivity contribution >= 4 is 34.4 Å². The number of rotatable bonds is 4. The first-order chi connectivity index (χ1) is 7.78. The van der Waals surface area contributed by atoms with Gasteiger partial charge in [-0.15, -0.1) is 0 Å². The fourth-order valence-electron chi connectivity index (χ4n) is 1.21. The molecule has 0 saturated carbocycles. The molecule has 2 aromatic rings. The summed E-state index contributed by atoms with van der Waals surface area (Å²) in [5, 5.41) is 7.52. The summed E-state index contributed by atoms with van der Waals surface area (Å²) >= 11 is 7.50. The lowest BCUT2D eigenvalue weighted by Crippen LogP contribution is -2.01. The third-order valence-corrected chi connectivity index (χ3v) is 2.69. The lowest BCUT2D eigenvalue weighted by Gasteiger charge is -2.05. The average molecular weight is 256 g/mol. The van der Waals surface area contributed by atoms with Crippen molar-refractivity contribution in [1.29, 1.82) is 0 Å². The zero-order valence-corrected chi connectivity index (χ0v) is 10.2. The van der Waals surface area contributed by atoms with E-state index < -0.39 is 0 Å². The summed E-state index contributed by atoms with van der Waals surface area (Å²) in [4.78, 5) is 8.32. The van der Waals surface area contributed by atoms with E-state index in [9.17, 15) is 0 Å². The predicted molar refractivity (Wildman–Crippen MR) is 65.4 cm³/mol. The van der Waals surface area contributed by atoms with Crippen LogP contribution < -0.4 is 5.32 Å². The number of hydrogen-bond acceptors (Lipinski definition) is 5. The van der Waals surface area contributed by atoms with E-state index in [2.05, 4.69) is 15.3 Å². The second-order valence-corrected chi connectivity index (χ2v) is 4.23. The summed E-state index contributed by atoms with van der Waals surface area (Å²) in [7, 11) is 1.59. The van der Waals surface area contributed by atoms with Crippen LogP contribution in [0.3, 0.4) is 0 Å². The molecule has 0 aliphatic heterocycles. The zero-order valence-electron chi connectivity index (χ0n) is 8.61. The van der Waals surface area contributed by atoms with Gasteiger partial charge in [-0.05, 0) is 11.4 Å². The minimum atomic E-state index is 0.346. The van der Waals surface area contributed by atoms with Crippen molar-refractivity contribution in [3.63, 3.8) is 0 Å². The van der Waals surface area contributed by atoms with Gasteiger partial charge in [-0.25, -0.2) is 9.97 Å². The lowest BCUT2D eigenvalue weighted by molar-refractivity contribution is 0.178. The third-order valence-electron chi connectivity index (χ3n) is 1.81. The standard InChI is InChI=1S/C10H10ClN3OS/c1-15-5-10-13-8(11)4-9(14-10)12-7-2-3-16-6-7/h2-4,6H,5H2,1H3,(H,12,13,14). The molecule has 0 fully saturated rings. The van der Waals surface area contributed by atoms with Crippen molar-refractivity contribution in [2.24, 2.45) is 0 Å². The summed E-state index contributed by atoms with van der Waals surface area (Å²) in [6, 6.07) is 3.65. The molecule has 0 spiro atoms. The number of halogens is 1. The highest BCUT2D eigenvalue weighted by atomic mass is 35.5. The van der Waals surface area contributed by atoms with Gasteiger partial charge in [0.05, 0.1) is 5.69 Å². The van der Waals surface area contributed by atoms with Crippen molar-refractivity contribution in [1.82, 2.24) is 9.97 Å². The van der Waals surface area contributed by atoms with Crippen LogP contribution in [0.1, 0.15) is 5.82 Å². The van der Waals surface area contributed by atoms with Crippen LogP contribution in [0, 0.1) is 0 Å². The molecule has 16 heavy (non-hydrogen) atoms. The van der Waals surface area contributed by atoms with Gasteiger partial charge in [-0.3, -0.25) is 0 Å². The number of hydrogen-bond donors (Lipinski definition) is 1. The summed E-state index contributed by atoms with van der Waals surface area (Å²) < 4.78 is 4.96. The van der Waals surface area contributed by atoms with E-state index >= 15 is 0 Å². The molecule has 0 aliphatic rings. The predicted octanol–water partition coefficient (Wildman–Crippen LogP) is 3.08. The molecule has 0 unspecified atom stereocenters. The second-order valence-electron chi connectivity index (χ2n) is 3.06. The van der Waals surface area contributed by atoms with Crippen LogP contribution in [0.2, 0.25) is 5.15 Å². The maximum absolute atomic E-state index is 5.88. The van der Waals surface area contributed by atoms with Gasteiger partial charge in [0.1, 0.15) is 17.6 Å². The average Bonchev–Trinajstić information content (AvgIpc) is 2.70. The van der Waals surface area contributed by atoms with Gasteiger partial charge in [-0.1, -0.05) is 11.6 Å². The van der Waals surface area contributed by atoms with Crippen molar-refractivity contribution in [2.75, 3.05) is 12.4 Å². The summed E-state index contributed by atoms with van der Waals surface area (Å²) in [5.74, 6) is 1.23. The Kier molecular flexibility index (Phi) is 3.71. The van der Waals surface area contributed by atoms with E-state index in [-0.39, 0.29) is 0 Å². The molecule has 0 aromatic carbocycles. The topological polar surface area (TPSA) is 47.0 Å². The number of anilines is 2. The molecule has 4 nitrogen and oxygen atoms in total.